The van der Waals surface area contributed by atoms with Crippen LogP contribution in [0.25, 0.3) is 0 Å². The maximum absolute atomic E-state index is 14.2. The summed E-state index contributed by atoms with van der Waals surface area (Å²) < 4.78 is 33.0. The third-order valence-electron chi connectivity index (χ3n) is 5.83. The van der Waals surface area contributed by atoms with E-state index >= 15 is 0 Å². The maximum Gasteiger partial charge on any atom is 0.133 e. The third kappa shape index (κ3) is 2.60. The van der Waals surface area contributed by atoms with Crippen molar-refractivity contribution in [3.8, 4) is 0 Å². The van der Waals surface area contributed by atoms with Gasteiger partial charge in [-0.15, -0.1) is 0 Å². The zero-order valence-corrected chi connectivity index (χ0v) is 13.2. The summed E-state index contributed by atoms with van der Waals surface area (Å²) in [5.41, 5.74) is 0.481. The summed E-state index contributed by atoms with van der Waals surface area (Å²) in [6.07, 6.45) is 2.91. The number of carbonyl (C=O) groups is 1. The predicted molar refractivity (Wildman–Crippen MR) is 81.1 cm³/mol. The van der Waals surface area contributed by atoms with Crippen LogP contribution < -0.4 is 0 Å². The average molecular weight is 321 g/mol. The van der Waals surface area contributed by atoms with Crippen molar-refractivity contribution in [1.29, 1.82) is 0 Å². The van der Waals surface area contributed by atoms with Gasteiger partial charge in [0.05, 0.1) is 12.7 Å². The summed E-state index contributed by atoms with van der Waals surface area (Å²) in [5, 5.41) is 0. The van der Waals surface area contributed by atoms with E-state index in [1.54, 1.807) is 6.92 Å². The quantitative estimate of drug-likeness (QED) is 0.857. The van der Waals surface area contributed by atoms with Crippen LogP contribution in [-0.2, 0) is 9.53 Å². The van der Waals surface area contributed by atoms with E-state index in [0.29, 0.717) is 17.7 Å². The van der Waals surface area contributed by atoms with Crippen LogP contribution >= 0.6 is 0 Å². The lowest BCUT2D eigenvalue weighted by molar-refractivity contribution is -0.121. The van der Waals surface area contributed by atoms with Gasteiger partial charge in [0, 0.05) is 30.6 Å². The van der Waals surface area contributed by atoms with Crippen LogP contribution in [0.5, 0.6) is 0 Å². The first-order valence-electron chi connectivity index (χ1n) is 8.35. The van der Waals surface area contributed by atoms with Crippen LogP contribution in [0.1, 0.15) is 37.7 Å². The number of morpholine rings is 1. The molecule has 124 valence electrons. The number of carbonyl (C=O) groups excluding carboxylic acids is 1. The van der Waals surface area contributed by atoms with Crippen molar-refractivity contribution in [2.75, 3.05) is 13.2 Å². The van der Waals surface area contributed by atoms with Crippen molar-refractivity contribution < 1.29 is 18.3 Å². The van der Waals surface area contributed by atoms with E-state index in [1.807, 2.05) is 0 Å². The molecule has 0 spiro atoms. The molecular weight excluding hydrogens is 300 g/mol. The van der Waals surface area contributed by atoms with Gasteiger partial charge >= 0.3 is 0 Å². The molecule has 5 atom stereocenters. The Bertz CT molecular complexity index is 635. The number of halogens is 2. The lowest BCUT2D eigenvalue weighted by atomic mass is 9.86. The Labute approximate surface area is 134 Å². The van der Waals surface area contributed by atoms with Crippen LogP contribution in [-0.4, -0.2) is 42.0 Å². The Morgan fingerprint density at radius 1 is 1.22 bits per heavy atom. The number of benzene rings is 1. The molecule has 4 rings (SSSR count). The van der Waals surface area contributed by atoms with E-state index in [9.17, 15) is 13.6 Å². The molecule has 3 aliphatic rings. The van der Waals surface area contributed by atoms with E-state index in [1.165, 1.54) is 12.1 Å². The molecule has 1 aliphatic carbocycles. The van der Waals surface area contributed by atoms with Gasteiger partial charge in [0.15, 0.2) is 0 Å². The molecule has 3 fully saturated rings. The Morgan fingerprint density at radius 2 is 2.04 bits per heavy atom. The second kappa shape index (κ2) is 5.64. The van der Waals surface area contributed by atoms with E-state index in [0.717, 1.165) is 38.5 Å². The fourth-order valence-electron chi connectivity index (χ4n) is 4.75. The molecule has 1 unspecified atom stereocenters. The second-order valence-electron chi connectivity index (χ2n) is 7.16. The van der Waals surface area contributed by atoms with Gasteiger partial charge in [0.2, 0.25) is 0 Å². The van der Waals surface area contributed by atoms with Gasteiger partial charge < -0.3 is 4.74 Å². The fourth-order valence-corrected chi connectivity index (χ4v) is 4.75. The molecule has 2 aliphatic heterocycles. The van der Waals surface area contributed by atoms with Crippen molar-refractivity contribution >= 4 is 5.78 Å². The largest absolute Gasteiger partial charge is 0.375 e. The predicted octanol–water partition coefficient (Wildman–Crippen LogP) is 2.89. The lowest BCUT2D eigenvalue weighted by Gasteiger charge is -2.32. The molecule has 5 heteroatoms. The first-order chi connectivity index (χ1) is 11.0. The molecule has 3 nitrogen and oxygen atoms in total. The van der Waals surface area contributed by atoms with Gasteiger partial charge in [0.1, 0.15) is 17.4 Å². The number of rotatable bonds is 3. The zero-order chi connectivity index (χ0) is 16.1. The van der Waals surface area contributed by atoms with Crippen molar-refractivity contribution in [3.63, 3.8) is 0 Å². The SMILES string of the molecule is CC(=O)[C@@H]1CC(N2C[C@@H]3C[C@H]2CO3)C[C@H]1c1ccc(F)cc1F. The minimum Gasteiger partial charge on any atom is -0.375 e. The number of ketones is 1. The summed E-state index contributed by atoms with van der Waals surface area (Å²) >= 11 is 0. The van der Waals surface area contributed by atoms with Crippen molar-refractivity contribution in [2.45, 2.75) is 50.3 Å². The molecule has 2 bridgehead atoms. The number of ether oxygens (including phenoxy) is 1. The van der Waals surface area contributed by atoms with Crippen LogP contribution in [0.3, 0.4) is 0 Å². The molecule has 1 saturated carbocycles. The number of hydrogen-bond acceptors (Lipinski definition) is 3. The standard InChI is InChI=1S/C18H21F2NO2/c1-10(22)16-6-12(21-8-14-5-13(21)9-23-14)7-17(16)15-3-2-11(19)4-18(15)20/h2-4,12-14,16-17H,5-9H2,1H3/t12?,13-,14-,16-,17-/m0/s1. The number of Topliss-reactive ketones (excluding diaryl/α,β-unsaturated/α-hetero) is 1. The van der Waals surface area contributed by atoms with Gasteiger partial charge in [0.25, 0.3) is 0 Å². The molecule has 2 heterocycles. The number of likely N-dealkylation sites (tertiary alicyclic amines) is 1. The highest BCUT2D eigenvalue weighted by molar-refractivity contribution is 5.80. The van der Waals surface area contributed by atoms with E-state index < -0.39 is 11.6 Å². The van der Waals surface area contributed by atoms with E-state index in [4.69, 9.17) is 4.74 Å². The summed E-state index contributed by atoms with van der Waals surface area (Å²) in [6.45, 7) is 3.26. The molecule has 0 N–H and O–H groups in total. The van der Waals surface area contributed by atoms with Crippen LogP contribution in [0.4, 0.5) is 8.78 Å². The summed E-state index contributed by atoms with van der Waals surface area (Å²) in [5.74, 6) is -1.35. The fraction of sp³-hybridized carbons (Fsp3) is 0.611. The third-order valence-corrected chi connectivity index (χ3v) is 5.83. The van der Waals surface area contributed by atoms with Crippen LogP contribution in [0.15, 0.2) is 18.2 Å². The smallest absolute Gasteiger partial charge is 0.133 e. The highest BCUT2D eigenvalue weighted by Crippen LogP contribution is 2.45. The van der Waals surface area contributed by atoms with E-state index in [-0.39, 0.29) is 23.7 Å². The van der Waals surface area contributed by atoms with Crippen molar-refractivity contribution in [1.82, 2.24) is 4.90 Å². The Balaban J connectivity index is 1.59. The van der Waals surface area contributed by atoms with Crippen LogP contribution in [0.2, 0.25) is 0 Å². The number of fused-ring (bicyclic) bond motifs is 2. The minimum absolute atomic E-state index is 0.0989. The highest BCUT2D eigenvalue weighted by atomic mass is 19.1. The molecule has 23 heavy (non-hydrogen) atoms. The Kier molecular flexibility index (Phi) is 3.73. The number of hydrogen-bond donors (Lipinski definition) is 0. The average Bonchev–Trinajstić information content (AvgIpc) is 3.21. The number of nitrogens with zero attached hydrogens (tertiary/aromatic N) is 1. The maximum atomic E-state index is 14.2. The lowest BCUT2D eigenvalue weighted by Crippen LogP contribution is -2.43. The molecule has 0 radical (unpaired) electrons. The zero-order valence-electron chi connectivity index (χ0n) is 13.2. The van der Waals surface area contributed by atoms with Gasteiger partial charge in [-0.25, -0.2) is 8.78 Å². The van der Waals surface area contributed by atoms with Crippen LogP contribution in [0, 0.1) is 17.6 Å². The van der Waals surface area contributed by atoms with E-state index in [2.05, 4.69) is 4.90 Å². The van der Waals surface area contributed by atoms with Crippen molar-refractivity contribution in [2.24, 2.45) is 5.92 Å². The van der Waals surface area contributed by atoms with Gasteiger partial charge in [-0.3, -0.25) is 9.69 Å². The molecule has 0 amide bonds. The molecular formula is C18H21F2NO2. The monoisotopic (exact) mass is 321 g/mol. The molecule has 0 aromatic heterocycles. The topological polar surface area (TPSA) is 29.5 Å². The van der Waals surface area contributed by atoms with Gasteiger partial charge in [-0.05, 0) is 43.7 Å². The molecule has 1 aromatic rings. The minimum atomic E-state index is -0.575. The molecule has 1 aromatic carbocycles. The first kappa shape index (κ1) is 15.2. The Hall–Kier alpha value is -1.33. The van der Waals surface area contributed by atoms with Gasteiger partial charge in [-0.2, -0.15) is 0 Å². The van der Waals surface area contributed by atoms with Crippen molar-refractivity contribution in [3.05, 3.63) is 35.4 Å². The summed E-state index contributed by atoms with van der Waals surface area (Å²) in [6, 6.07) is 4.44. The Morgan fingerprint density at radius 3 is 2.65 bits per heavy atom. The summed E-state index contributed by atoms with van der Waals surface area (Å²) in [4.78, 5) is 14.5. The normalized spacial score (nSPS) is 36.7. The first-order valence-corrected chi connectivity index (χ1v) is 8.35. The van der Waals surface area contributed by atoms with Gasteiger partial charge in [-0.1, -0.05) is 6.07 Å². The molecule has 2 saturated heterocycles. The summed E-state index contributed by atoms with van der Waals surface area (Å²) in [7, 11) is 0. The highest BCUT2D eigenvalue weighted by Gasteiger charge is 2.47. The second-order valence-corrected chi connectivity index (χ2v) is 7.16.